The van der Waals surface area contributed by atoms with Gasteiger partial charge in [0.15, 0.2) is 8.68 Å². The molecule has 0 aliphatic heterocycles. The lowest BCUT2D eigenvalue weighted by Gasteiger charge is -2.04. The van der Waals surface area contributed by atoms with Gasteiger partial charge in [0, 0.05) is 5.39 Å². The SMILES string of the molecule is CSc1nnc(Sc2nc(C(=O)O)nc3ccccc23)s1. The van der Waals surface area contributed by atoms with E-state index >= 15 is 0 Å². The van der Waals surface area contributed by atoms with Gasteiger partial charge in [0.1, 0.15) is 5.03 Å². The van der Waals surface area contributed by atoms with Gasteiger partial charge in [-0.3, -0.25) is 0 Å². The molecule has 1 N–H and O–H groups in total. The molecule has 0 aliphatic carbocycles. The monoisotopic (exact) mass is 336 g/mol. The van der Waals surface area contributed by atoms with Crippen molar-refractivity contribution in [3.63, 3.8) is 0 Å². The average molecular weight is 336 g/mol. The highest BCUT2D eigenvalue weighted by molar-refractivity contribution is 8.03. The molecule has 0 aliphatic rings. The fourth-order valence-electron chi connectivity index (χ4n) is 1.62. The largest absolute Gasteiger partial charge is 0.475 e. The smallest absolute Gasteiger partial charge is 0.373 e. The second kappa shape index (κ2) is 5.96. The summed E-state index contributed by atoms with van der Waals surface area (Å²) in [5.74, 6) is -1.37. The molecule has 106 valence electrons. The van der Waals surface area contributed by atoms with Crippen LogP contribution in [0.15, 0.2) is 38.0 Å². The molecule has 0 radical (unpaired) electrons. The van der Waals surface area contributed by atoms with Crippen LogP contribution in [0.5, 0.6) is 0 Å². The third-order valence-electron chi connectivity index (χ3n) is 2.51. The molecule has 3 rings (SSSR count). The second-order valence-corrected chi connectivity index (χ2v) is 7.08. The Morgan fingerprint density at radius 1 is 1.19 bits per heavy atom. The van der Waals surface area contributed by atoms with Gasteiger partial charge in [-0.15, -0.1) is 10.2 Å². The zero-order valence-corrected chi connectivity index (χ0v) is 13.1. The van der Waals surface area contributed by atoms with E-state index in [1.807, 2.05) is 24.5 Å². The van der Waals surface area contributed by atoms with Crippen LogP contribution in [0.3, 0.4) is 0 Å². The Morgan fingerprint density at radius 3 is 2.67 bits per heavy atom. The number of hydrogen-bond donors (Lipinski definition) is 1. The van der Waals surface area contributed by atoms with Gasteiger partial charge < -0.3 is 5.11 Å². The van der Waals surface area contributed by atoms with Gasteiger partial charge >= 0.3 is 5.97 Å². The van der Waals surface area contributed by atoms with Crippen molar-refractivity contribution in [2.24, 2.45) is 0 Å². The summed E-state index contributed by atoms with van der Waals surface area (Å²) in [5.41, 5.74) is 0.599. The maximum Gasteiger partial charge on any atom is 0.373 e. The van der Waals surface area contributed by atoms with Gasteiger partial charge in [-0.1, -0.05) is 41.3 Å². The molecular weight excluding hydrogens is 328 g/mol. The predicted molar refractivity (Wildman–Crippen MR) is 82.3 cm³/mol. The Balaban J connectivity index is 2.09. The van der Waals surface area contributed by atoms with Gasteiger partial charge in [0.2, 0.25) is 5.82 Å². The molecule has 0 fully saturated rings. The number of fused-ring (bicyclic) bond motifs is 1. The van der Waals surface area contributed by atoms with Crippen molar-refractivity contribution in [2.45, 2.75) is 13.7 Å². The number of nitrogens with zero attached hydrogens (tertiary/aromatic N) is 4. The minimum atomic E-state index is -1.15. The minimum absolute atomic E-state index is 0.217. The lowest BCUT2D eigenvalue weighted by Crippen LogP contribution is -2.05. The third kappa shape index (κ3) is 2.99. The summed E-state index contributed by atoms with van der Waals surface area (Å²) in [6.45, 7) is 0. The van der Waals surface area contributed by atoms with E-state index in [2.05, 4.69) is 20.2 Å². The Kier molecular flexibility index (Phi) is 4.04. The van der Waals surface area contributed by atoms with Crippen molar-refractivity contribution < 1.29 is 9.90 Å². The highest BCUT2D eigenvalue weighted by Crippen LogP contribution is 2.35. The van der Waals surface area contributed by atoms with Crippen LogP contribution in [-0.2, 0) is 0 Å². The lowest BCUT2D eigenvalue weighted by atomic mass is 10.2. The first-order valence-electron chi connectivity index (χ1n) is 5.73. The molecule has 2 aromatic heterocycles. The van der Waals surface area contributed by atoms with Crippen molar-refractivity contribution >= 4 is 51.7 Å². The van der Waals surface area contributed by atoms with E-state index in [0.29, 0.717) is 10.5 Å². The van der Waals surface area contributed by atoms with E-state index in [0.717, 1.165) is 14.1 Å². The fraction of sp³-hybridized carbons (Fsp3) is 0.0833. The molecule has 2 heterocycles. The topological polar surface area (TPSA) is 88.9 Å². The summed E-state index contributed by atoms with van der Waals surface area (Å²) in [6, 6.07) is 7.30. The molecule has 0 spiro atoms. The van der Waals surface area contributed by atoms with Crippen LogP contribution in [0.1, 0.15) is 10.6 Å². The van der Waals surface area contributed by atoms with Crippen LogP contribution in [0.4, 0.5) is 0 Å². The number of aromatic carboxylic acids is 1. The van der Waals surface area contributed by atoms with Gasteiger partial charge in [0.25, 0.3) is 0 Å². The van der Waals surface area contributed by atoms with Crippen LogP contribution < -0.4 is 0 Å². The zero-order chi connectivity index (χ0) is 14.8. The van der Waals surface area contributed by atoms with Gasteiger partial charge in [-0.25, -0.2) is 14.8 Å². The number of hydrogen-bond acceptors (Lipinski definition) is 8. The summed E-state index contributed by atoms with van der Waals surface area (Å²) in [7, 11) is 0. The molecule has 9 heteroatoms. The number of aromatic nitrogens is 4. The first-order valence-corrected chi connectivity index (χ1v) is 8.58. The van der Waals surface area contributed by atoms with Gasteiger partial charge in [0.05, 0.1) is 5.52 Å². The highest BCUT2D eigenvalue weighted by Gasteiger charge is 2.15. The standard InChI is InChI=1S/C12H8N4O2S3/c1-19-11-15-16-12(21-11)20-9-6-4-2-3-5-7(6)13-8(14-9)10(17)18/h2-5H,1H3,(H,17,18). The lowest BCUT2D eigenvalue weighted by molar-refractivity contribution is 0.0683. The number of benzene rings is 1. The number of carboxylic acids is 1. The summed E-state index contributed by atoms with van der Waals surface area (Å²) >= 11 is 4.26. The molecule has 1 aromatic carbocycles. The van der Waals surface area contributed by atoms with Crippen molar-refractivity contribution in [3.8, 4) is 0 Å². The molecule has 0 saturated carbocycles. The Hall–Kier alpha value is -1.71. The van der Waals surface area contributed by atoms with Crippen LogP contribution in [0.25, 0.3) is 10.9 Å². The molecule has 0 bridgehead atoms. The van der Waals surface area contributed by atoms with Gasteiger partial charge in [-0.2, -0.15) is 0 Å². The highest BCUT2D eigenvalue weighted by atomic mass is 32.2. The Bertz CT molecular complexity index is 821. The Morgan fingerprint density at radius 2 is 1.95 bits per heavy atom. The zero-order valence-electron chi connectivity index (χ0n) is 10.7. The van der Waals surface area contributed by atoms with E-state index in [4.69, 9.17) is 5.11 Å². The third-order valence-corrected chi connectivity index (χ3v) is 5.46. The first kappa shape index (κ1) is 14.2. The van der Waals surface area contributed by atoms with E-state index in [-0.39, 0.29) is 5.82 Å². The molecule has 0 saturated heterocycles. The maximum atomic E-state index is 11.1. The quantitative estimate of drug-likeness (QED) is 0.574. The fourth-order valence-corrected chi connectivity index (χ4v) is 4.09. The second-order valence-electron chi connectivity index (χ2n) is 3.81. The average Bonchev–Trinajstić information content (AvgIpc) is 2.94. The summed E-state index contributed by atoms with van der Waals surface area (Å²) < 4.78 is 1.58. The summed E-state index contributed by atoms with van der Waals surface area (Å²) in [5, 5.41) is 18.6. The van der Waals surface area contributed by atoms with Crippen molar-refractivity contribution in [2.75, 3.05) is 6.26 Å². The predicted octanol–water partition coefficient (Wildman–Crippen LogP) is 3.05. The molecular formula is C12H8N4O2S3. The summed E-state index contributed by atoms with van der Waals surface area (Å²) in [4.78, 5) is 19.3. The number of thioether (sulfide) groups is 1. The van der Waals surface area contributed by atoms with Crippen LogP contribution in [0.2, 0.25) is 0 Å². The maximum absolute atomic E-state index is 11.1. The normalized spacial score (nSPS) is 10.9. The molecule has 6 nitrogen and oxygen atoms in total. The molecule has 0 atom stereocenters. The summed E-state index contributed by atoms with van der Waals surface area (Å²) in [6.07, 6.45) is 1.93. The minimum Gasteiger partial charge on any atom is -0.475 e. The first-order chi connectivity index (χ1) is 10.2. The Labute approximate surface area is 132 Å². The molecule has 21 heavy (non-hydrogen) atoms. The molecule has 0 amide bonds. The van der Waals surface area contributed by atoms with E-state index < -0.39 is 5.97 Å². The molecule has 3 aromatic rings. The van der Waals surface area contributed by atoms with E-state index in [9.17, 15) is 4.79 Å². The van der Waals surface area contributed by atoms with Gasteiger partial charge in [-0.05, 0) is 24.1 Å². The number of para-hydroxylation sites is 1. The number of carboxylic acid groups (broad SMARTS) is 1. The number of rotatable bonds is 4. The molecule has 0 unspecified atom stereocenters. The van der Waals surface area contributed by atoms with Crippen molar-refractivity contribution in [1.29, 1.82) is 0 Å². The van der Waals surface area contributed by atoms with E-state index in [1.165, 1.54) is 34.9 Å². The van der Waals surface area contributed by atoms with E-state index in [1.54, 1.807) is 6.07 Å². The van der Waals surface area contributed by atoms with Crippen molar-refractivity contribution in [1.82, 2.24) is 20.2 Å². The number of carbonyl (C=O) groups is 1. The van der Waals surface area contributed by atoms with Crippen LogP contribution in [0, 0.1) is 0 Å². The van der Waals surface area contributed by atoms with Crippen LogP contribution in [-0.4, -0.2) is 37.5 Å². The van der Waals surface area contributed by atoms with Crippen molar-refractivity contribution in [3.05, 3.63) is 30.1 Å². The van der Waals surface area contributed by atoms with Crippen LogP contribution >= 0.6 is 34.9 Å².